The molecular formula is C16H24N4S. The van der Waals surface area contributed by atoms with Gasteiger partial charge in [0.2, 0.25) is 0 Å². The molecule has 1 fully saturated rings. The molecule has 0 amide bonds. The van der Waals surface area contributed by atoms with Gasteiger partial charge in [-0.3, -0.25) is 0 Å². The molecule has 4 nitrogen and oxygen atoms in total. The van der Waals surface area contributed by atoms with Crippen molar-refractivity contribution in [3.63, 3.8) is 0 Å². The van der Waals surface area contributed by atoms with Crippen molar-refractivity contribution >= 4 is 27.4 Å². The third-order valence-electron chi connectivity index (χ3n) is 4.56. The van der Waals surface area contributed by atoms with Gasteiger partial charge in [0.05, 0.1) is 5.39 Å². The van der Waals surface area contributed by atoms with E-state index < -0.39 is 0 Å². The molecule has 3 heterocycles. The Kier molecular flexibility index (Phi) is 4.13. The lowest BCUT2D eigenvalue weighted by Crippen LogP contribution is -2.48. The van der Waals surface area contributed by atoms with Gasteiger partial charge in [-0.25, -0.2) is 9.97 Å². The van der Waals surface area contributed by atoms with E-state index in [9.17, 15) is 0 Å². The first-order chi connectivity index (χ1) is 10.1. The van der Waals surface area contributed by atoms with Crippen molar-refractivity contribution in [2.45, 2.75) is 32.7 Å². The minimum absolute atomic E-state index is 0.559. The molecule has 2 aromatic heterocycles. The summed E-state index contributed by atoms with van der Waals surface area (Å²) in [5, 5.41) is 3.32. The van der Waals surface area contributed by atoms with E-state index in [2.05, 4.69) is 54.2 Å². The predicted molar refractivity (Wildman–Crippen MR) is 90.3 cm³/mol. The molecule has 0 N–H and O–H groups in total. The second-order valence-electron chi connectivity index (χ2n) is 6.16. The molecule has 0 aliphatic carbocycles. The number of piperidine rings is 1. The van der Waals surface area contributed by atoms with E-state index in [1.54, 1.807) is 11.3 Å². The normalized spacial score (nSPS) is 23.6. The van der Waals surface area contributed by atoms with Crippen molar-refractivity contribution < 1.29 is 0 Å². The Bertz CT molecular complexity index is 624. The zero-order valence-corrected chi connectivity index (χ0v) is 14.2. The van der Waals surface area contributed by atoms with Gasteiger partial charge in [0, 0.05) is 26.1 Å². The van der Waals surface area contributed by atoms with Crippen LogP contribution < -0.4 is 4.90 Å². The van der Waals surface area contributed by atoms with Crippen LogP contribution in [0.4, 0.5) is 5.82 Å². The first-order valence-corrected chi connectivity index (χ1v) is 8.63. The van der Waals surface area contributed by atoms with Gasteiger partial charge < -0.3 is 9.80 Å². The Morgan fingerprint density at radius 2 is 2.24 bits per heavy atom. The molecule has 1 aliphatic heterocycles. The highest BCUT2D eigenvalue weighted by atomic mass is 32.1. The Morgan fingerprint density at radius 3 is 2.95 bits per heavy atom. The molecular weight excluding hydrogens is 280 g/mol. The minimum atomic E-state index is 0.559. The smallest absolute Gasteiger partial charge is 0.141 e. The molecule has 114 valence electrons. The van der Waals surface area contributed by atoms with Crippen molar-refractivity contribution in [3.05, 3.63) is 17.3 Å². The molecule has 5 heteroatoms. The van der Waals surface area contributed by atoms with E-state index in [4.69, 9.17) is 4.98 Å². The summed E-state index contributed by atoms with van der Waals surface area (Å²) in [6.45, 7) is 6.80. The van der Waals surface area contributed by atoms with Gasteiger partial charge in [-0.1, -0.05) is 13.8 Å². The van der Waals surface area contributed by atoms with Crippen LogP contribution in [0.5, 0.6) is 0 Å². The van der Waals surface area contributed by atoms with Gasteiger partial charge in [0.15, 0.2) is 0 Å². The van der Waals surface area contributed by atoms with Crippen molar-refractivity contribution in [1.29, 1.82) is 0 Å². The highest BCUT2D eigenvalue weighted by Gasteiger charge is 2.29. The summed E-state index contributed by atoms with van der Waals surface area (Å²) >= 11 is 1.71. The predicted octanol–water partition coefficient (Wildman–Crippen LogP) is 3.03. The number of aryl methyl sites for hydroxylation is 1. The number of hydrogen-bond donors (Lipinski definition) is 0. The van der Waals surface area contributed by atoms with Crippen LogP contribution in [0.3, 0.4) is 0 Å². The molecule has 0 spiro atoms. The third kappa shape index (κ3) is 2.77. The lowest BCUT2D eigenvalue weighted by Gasteiger charge is -2.40. The number of hydrogen-bond acceptors (Lipinski definition) is 5. The van der Waals surface area contributed by atoms with Crippen LogP contribution in [0, 0.1) is 5.92 Å². The number of thiophene rings is 1. The number of likely N-dealkylation sites (tertiary alicyclic amines) is 1. The SMILES string of the molecule is CCc1nc(N(C)C2CCN(C)CC2C)c2ccsc2n1. The maximum absolute atomic E-state index is 4.83. The number of rotatable bonds is 3. The highest BCUT2D eigenvalue weighted by Crippen LogP contribution is 2.31. The summed E-state index contributed by atoms with van der Waals surface area (Å²) < 4.78 is 0. The van der Waals surface area contributed by atoms with E-state index in [1.165, 1.54) is 11.8 Å². The lowest BCUT2D eigenvalue weighted by molar-refractivity contribution is 0.193. The van der Waals surface area contributed by atoms with Crippen molar-refractivity contribution in [1.82, 2.24) is 14.9 Å². The molecule has 0 bridgehead atoms. The van der Waals surface area contributed by atoms with E-state index >= 15 is 0 Å². The molecule has 2 unspecified atom stereocenters. The molecule has 1 saturated heterocycles. The summed E-state index contributed by atoms with van der Waals surface area (Å²) in [6, 6.07) is 2.72. The van der Waals surface area contributed by atoms with Crippen LogP contribution in [-0.2, 0) is 6.42 Å². The zero-order chi connectivity index (χ0) is 15.0. The maximum atomic E-state index is 4.83. The van der Waals surface area contributed by atoms with E-state index in [0.29, 0.717) is 12.0 Å². The van der Waals surface area contributed by atoms with Crippen LogP contribution in [0.2, 0.25) is 0 Å². The maximum Gasteiger partial charge on any atom is 0.141 e. The summed E-state index contributed by atoms with van der Waals surface area (Å²) in [5.41, 5.74) is 0. The Labute approximate surface area is 130 Å². The number of fused-ring (bicyclic) bond motifs is 1. The van der Waals surface area contributed by atoms with Gasteiger partial charge in [-0.15, -0.1) is 11.3 Å². The van der Waals surface area contributed by atoms with Crippen LogP contribution in [-0.4, -0.2) is 48.1 Å². The standard InChI is InChI=1S/C16H24N4S/c1-5-14-17-15(12-7-9-21-16(12)18-14)20(4)13-6-8-19(3)10-11(13)2/h7,9,11,13H,5-6,8,10H2,1-4H3. The molecule has 2 aromatic rings. The van der Waals surface area contributed by atoms with Crippen molar-refractivity contribution in [2.75, 3.05) is 32.1 Å². The molecule has 2 atom stereocenters. The topological polar surface area (TPSA) is 32.3 Å². The van der Waals surface area contributed by atoms with E-state index in [-0.39, 0.29) is 0 Å². The largest absolute Gasteiger partial charge is 0.356 e. The van der Waals surface area contributed by atoms with Crippen LogP contribution in [0.15, 0.2) is 11.4 Å². The zero-order valence-electron chi connectivity index (χ0n) is 13.3. The number of anilines is 1. The fourth-order valence-corrected chi connectivity index (χ4v) is 4.16. The molecule has 0 saturated carbocycles. The Hall–Kier alpha value is -1.20. The third-order valence-corrected chi connectivity index (χ3v) is 5.37. The Balaban J connectivity index is 1.97. The first-order valence-electron chi connectivity index (χ1n) is 7.75. The molecule has 0 radical (unpaired) electrons. The molecule has 1 aliphatic rings. The summed E-state index contributed by atoms with van der Waals surface area (Å²) in [5.74, 6) is 2.72. The fourth-order valence-electron chi connectivity index (χ4n) is 3.38. The summed E-state index contributed by atoms with van der Waals surface area (Å²) in [6.07, 6.45) is 2.09. The van der Waals surface area contributed by atoms with Crippen molar-refractivity contribution in [3.8, 4) is 0 Å². The van der Waals surface area contributed by atoms with Gasteiger partial charge in [0.25, 0.3) is 0 Å². The summed E-state index contributed by atoms with van der Waals surface area (Å²) in [4.78, 5) is 15.4. The number of aromatic nitrogens is 2. The van der Waals surface area contributed by atoms with Gasteiger partial charge >= 0.3 is 0 Å². The molecule has 0 aromatic carbocycles. The quantitative estimate of drug-likeness (QED) is 0.872. The average molecular weight is 304 g/mol. The van der Waals surface area contributed by atoms with Gasteiger partial charge in [-0.05, 0) is 37.4 Å². The fraction of sp³-hybridized carbons (Fsp3) is 0.625. The van der Waals surface area contributed by atoms with E-state index in [0.717, 1.165) is 36.0 Å². The van der Waals surface area contributed by atoms with Gasteiger partial charge in [-0.2, -0.15) is 0 Å². The summed E-state index contributed by atoms with van der Waals surface area (Å²) in [7, 11) is 4.41. The Morgan fingerprint density at radius 1 is 1.43 bits per heavy atom. The first kappa shape index (κ1) is 14.7. The second kappa shape index (κ2) is 5.89. The monoisotopic (exact) mass is 304 g/mol. The molecule has 3 rings (SSSR count). The number of nitrogens with zero attached hydrogens (tertiary/aromatic N) is 4. The van der Waals surface area contributed by atoms with Crippen molar-refractivity contribution in [2.24, 2.45) is 5.92 Å². The van der Waals surface area contributed by atoms with Crippen LogP contribution in [0.25, 0.3) is 10.2 Å². The van der Waals surface area contributed by atoms with Gasteiger partial charge in [0.1, 0.15) is 16.5 Å². The molecule has 21 heavy (non-hydrogen) atoms. The van der Waals surface area contributed by atoms with E-state index in [1.807, 2.05) is 0 Å². The minimum Gasteiger partial charge on any atom is -0.356 e. The highest BCUT2D eigenvalue weighted by molar-refractivity contribution is 7.16. The lowest BCUT2D eigenvalue weighted by atomic mass is 9.93. The second-order valence-corrected chi connectivity index (χ2v) is 7.06. The van der Waals surface area contributed by atoms with Crippen LogP contribution in [0.1, 0.15) is 26.1 Å². The average Bonchev–Trinajstić information content (AvgIpc) is 2.93. The van der Waals surface area contributed by atoms with Crippen LogP contribution >= 0.6 is 11.3 Å².